The smallest absolute Gasteiger partial charge is 0.295 e. The van der Waals surface area contributed by atoms with Gasteiger partial charge in [-0.3, -0.25) is 14.6 Å². The monoisotopic (exact) mass is 418 g/mol. The number of aliphatic hydroxyl groups is 1. The highest BCUT2D eigenvalue weighted by molar-refractivity contribution is 6.46. The molecule has 0 aliphatic carbocycles. The number of rotatable bonds is 5. The van der Waals surface area contributed by atoms with Gasteiger partial charge in [-0.1, -0.05) is 30.3 Å². The Balaban J connectivity index is 1.86. The molecule has 0 spiro atoms. The highest BCUT2D eigenvalue weighted by Gasteiger charge is 2.46. The van der Waals surface area contributed by atoms with Crippen LogP contribution in [0.3, 0.4) is 0 Å². The number of methoxy groups -OCH3 is 1. The molecule has 1 saturated heterocycles. The van der Waals surface area contributed by atoms with Crippen molar-refractivity contribution >= 4 is 17.4 Å². The van der Waals surface area contributed by atoms with Crippen LogP contribution in [0.25, 0.3) is 5.76 Å². The number of likely N-dealkylation sites (tertiary alicyclic amines) is 1. The Bertz CT molecular complexity index is 1160. The van der Waals surface area contributed by atoms with E-state index in [2.05, 4.69) is 4.98 Å². The Morgan fingerprint density at radius 2 is 1.90 bits per heavy atom. The van der Waals surface area contributed by atoms with E-state index in [-0.39, 0.29) is 17.9 Å². The fraction of sp³-hybridized carbons (Fsp3) is 0.125. The number of carbonyl (C=O) groups is 2. The van der Waals surface area contributed by atoms with Crippen LogP contribution in [0, 0.1) is 5.82 Å². The first-order valence-corrected chi connectivity index (χ1v) is 9.57. The molecule has 1 amide bonds. The van der Waals surface area contributed by atoms with E-state index in [1.165, 1.54) is 36.3 Å². The fourth-order valence-corrected chi connectivity index (χ4v) is 3.65. The molecule has 2 heterocycles. The molecule has 6 nitrogen and oxygen atoms in total. The predicted molar refractivity (Wildman–Crippen MR) is 111 cm³/mol. The highest BCUT2D eigenvalue weighted by Crippen LogP contribution is 2.40. The summed E-state index contributed by atoms with van der Waals surface area (Å²) >= 11 is 0. The molecule has 0 radical (unpaired) electrons. The van der Waals surface area contributed by atoms with E-state index in [0.717, 1.165) is 5.56 Å². The average Bonchev–Trinajstić information content (AvgIpc) is 3.05. The Hall–Kier alpha value is -4.00. The van der Waals surface area contributed by atoms with Gasteiger partial charge in [-0.2, -0.15) is 0 Å². The lowest BCUT2D eigenvalue weighted by atomic mass is 9.95. The van der Waals surface area contributed by atoms with Crippen LogP contribution in [-0.2, 0) is 16.1 Å². The first kappa shape index (κ1) is 20.3. The second-order valence-corrected chi connectivity index (χ2v) is 7.07. The molecule has 1 aliphatic heterocycles. The van der Waals surface area contributed by atoms with E-state index in [9.17, 15) is 19.1 Å². The van der Waals surface area contributed by atoms with Crippen molar-refractivity contribution in [3.63, 3.8) is 0 Å². The van der Waals surface area contributed by atoms with E-state index in [1.807, 2.05) is 0 Å². The van der Waals surface area contributed by atoms with Gasteiger partial charge in [0.15, 0.2) is 0 Å². The zero-order chi connectivity index (χ0) is 22.0. The van der Waals surface area contributed by atoms with Crippen LogP contribution in [0.4, 0.5) is 4.39 Å². The van der Waals surface area contributed by atoms with Crippen LogP contribution in [0.1, 0.15) is 22.7 Å². The van der Waals surface area contributed by atoms with Gasteiger partial charge in [0.2, 0.25) is 0 Å². The van der Waals surface area contributed by atoms with Crippen molar-refractivity contribution in [1.82, 2.24) is 9.88 Å². The molecule has 0 unspecified atom stereocenters. The average molecular weight is 418 g/mol. The summed E-state index contributed by atoms with van der Waals surface area (Å²) in [6.07, 6.45) is 3.21. The molecular weight excluding hydrogens is 399 g/mol. The Morgan fingerprint density at radius 1 is 1.13 bits per heavy atom. The van der Waals surface area contributed by atoms with Gasteiger partial charge in [-0.05, 0) is 41.5 Å². The first-order valence-electron chi connectivity index (χ1n) is 9.57. The van der Waals surface area contributed by atoms with Crippen molar-refractivity contribution in [2.24, 2.45) is 0 Å². The number of Topliss-reactive ketones (excluding diaryl/α,β-unsaturated/α-hetero) is 1. The molecule has 1 N–H and O–H groups in total. The minimum atomic E-state index is -0.882. The number of hydrogen-bond donors (Lipinski definition) is 1. The van der Waals surface area contributed by atoms with Gasteiger partial charge in [0, 0.05) is 24.5 Å². The summed E-state index contributed by atoms with van der Waals surface area (Å²) in [6, 6.07) is 14.7. The zero-order valence-electron chi connectivity index (χ0n) is 16.7. The van der Waals surface area contributed by atoms with Crippen LogP contribution >= 0.6 is 0 Å². The van der Waals surface area contributed by atoms with Crippen molar-refractivity contribution in [1.29, 1.82) is 0 Å². The van der Waals surface area contributed by atoms with E-state index in [4.69, 9.17) is 4.74 Å². The van der Waals surface area contributed by atoms with Crippen molar-refractivity contribution < 1.29 is 23.8 Å². The number of benzene rings is 2. The molecule has 3 aromatic rings. The van der Waals surface area contributed by atoms with Gasteiger partial charge in [0.1, 0.15) is 17.3 Å². The van der Waals surface area contributed by atoms with Crippen molar-refractivity contribution in [3.8, 4) is 5.75 Å². The minimum absolute atomic E-state index is 0.0613. The van der Waals surface area contributed by atoms with Crippen LogP contribution in [-0.4, -0.2) is 33.8 Å². The molecule has 1 fully saturated rings. The SMILES string of the molecule is COc1cccc(/C(O)=C2\C(=O)C(=O)N(Cc3cccnc3)[C@H]2c2ccc(F)cc2)c1. The van der Waals surface area contributed by atoms with E-state index < -0.39 is 23.5 Å². The normalized spacial score (nSPS) is 17.7. The number of ether oxygens (including phenoxy) is 1. The Kier molecular flexibility index (Phi) is 5.49. The first-order chi connectivity index (χ1) is 15.0. The molecule has 7 heteroatoms. The number of hydrogen-bond acceptors (Lipinski definition) is 5. The van der Waals surface area contributed by atoms with Crippen molar-refractivity contribution in [2.45, 2.75) is 12.6 Å². The molecule has 31 heavy (non-hydrogen) atoms. The number of aliphatic hydroxyl groups excluding tert-OH is 1. The molecule has 0 saturated carbocycles. The molecule has 4 rings (SSSR count). The van der Waals surface area contributed by atoms with E-state index >= 15 is 0 Å². The molecule has 156 valence electrons. The molecule has 0 bridgehead atoms. The second-order valence-electron chi connectivity index (χ2n) is 7.07. The van der Waals surface area contributed by atoms with Gasteiger partial charge in [0.05, 0.1) is 18.7 Å². The van der Waals surface area contributed by atoms with Crippen LogP contribution < -0.4 is 4.74 Å². The van der Waals surface area contributed by atoms with Crippen LogP contribution in [0.15, 0.2) is 78.6 Å². The van der Waals surface area contributed by atoms with Gasteiger partial charge < -0.3 is 14.7 Å². The number of ketones is 1. The van der Waals surface area contributed by atoms with Gasteiger partial charge in [-0.15, -0.1) is 0 Å². The highest BCUT2D eigenvalue weighted by atomic mass is 19.1. The lowest BCUT2D eigenvalue weighted by Gasteiger charge is -2.25. The second kappa shape index (κ2) is 8.39. The maximum atomic E-state index is 13.5. The van der Waals surface area contributed by atoms with Crippen molar-refractivity contribution in [2.75, 3.05) is 7.11 Å². The molecule has 1 aromatic heterocycles. The van der Waals surface area contributed by atoms with Gasteiger partial charge >= 0.3 is 0 Å². The fourth-order valence-electron chi connectivity index (χ4n) is 3.65. The Morgan fingerprint density at radius 3 is 2.58 bits per heavy atom. The molecular formula is C24H19FN2O4. The number of nitrogens with zero attached hydrogens (tertiary/aromatic N) is 2. The van der Waals surface area contributed by atoms with E-state index in [1.54, 1.807) is 48.8 Å². The van der Waals surface area contributed by atoms with Crippen molar-refractivity contribution in [3.05, 3.63) is 101 Å². The summed E-state index contributed by atoms with van der Waals surface area (Å²) in [6.45, 7) is 0.106. The molecule has 2 aromatic carbocycles. The third-order valence-corrected chi connectivity index (χ3v) is 5.14. The summed E-state index contributed by atoms with van der Waals surface area (Å²) in [5.74, 6) is -1.82. The minimum Gasteiger partial charge on any atom is -0.507 e. The summed E-state index contributed by atoms with van der Waals surface area (Å²) in [7, 11) is 1.49. The van der Waals surface area contributed by atoms with Crippen LogP contribution in [0.2, 0.25) is 0 Å². The lowest BCUT2D eigenvalue weighted by molar-refractivity contribution is -0.140. The zero-order valence-corrected chi connectivity index (χ0v) is 16.7. The summed E-state index contributed by atoms with van der Waals surface area (Å²) in [5, 5.41) is 11.0. The largest absolute Gasteiger partial charge is 0.507 e. The van der Waals surface area contributed by atoms with E-state index in [0.29, 0.717) is 16.9 Å². The molecule has 1 atom stereocenters. The lowest BCUT2D eigenvalue weighted by Crippen LogP contribution is -2.29. The number of amides is 1. The maximum Gasteiger partial charge on any atom is 0.295 e. The van der Waals surface area contributed by atoms with Gasteiger partial charge in [0.25, 0.3) is 11.7 Å². The predicted octanol–water partition coefficient (Wildman–Crippen LogP) is 3.85. The van der Waals surface area contributed by atoms with Gasteiger partial charge in [-0.25, -0.2) is 4.39 Å². The summed E-state index contributed by atoms with van der Waals surface area (Å²) in [4.78, 5) is 31.4. The standard InChI is InChI=1S/C24H19FN2O4/c1-31-19-6-2-5-17(12-19)22(28)20-21(16-7-9-18(25)10-8-16)27(24(30)23(20)29)14-15-4-3-11-26-13-15/h2-13,21,28H,14H2,1H3/b22-20+/t21-/m0/s1. The maximum absolute atomic E-state index is 13.5. The third-order valence-electron chi connectivity index (χ3n) is 5.14. The third kappa shape index (κ3) is 3.90. The molecule has 1 aliphatic rings. The summed E-state index contributed by atoms with van der Waals surface area (Å²) in [5.41, 5.74) is 1.51. The summed E-state index contributed by atoms with van der Waals surface area (Å²) < 4.78 is 18.7. The van der Waals surface area contributed by atoms with Crippen LogP contribution in [0.5, 0.6) is 5.75 Å². The topological polar surface area (TPSA) is 79.7 Å². The Labute approximate surface area is 178 Å². The number of carbonyl (C=O) groups excluding carboxylic acids is 2. The number of aromatic nitrogens is 1. The number of pyridine rings is 1. The number of halogens is 1. The quantitative estimate of drug-likeness (QED) is 0.387.